The van der Waals surface area contributed by atoms with Crippen LogP contribution in [0.2, 0.25) is 0 Å². The number of nitrogens with one attached hydrogen (secondary N) is 1. The van der Waals surface area contributed by atoms with Crippen molar-refractivity contribution in [1.82, 2.24) is 5.32 Å². The molecule has 1 unspecified atom stereocenters. The van der Waals surface area contributed by atoms with Gasteiger partial charge >= 0.3 is 0 Å². The summed E-state index contributed by atoms with van der Waals surface area (Å²) in [6.45, 7) is 4.08. The Morgan fingerprint density at radius 1 is 1.53 bits per heavy atom. The minimum absolute atomic E-state index is 0.107. The fourth-order valence-electron chi connectivity index (χ4n) is 1.93. The highest BCUT2D eigenvalue weighted by molar-refractivity contribution is 7.92. The van der Waals surface area contributed by atoms with Crippen molar-refractivity contribution in [2.45, 2.75) is 44.4 Å². The summed E-state index contributed by atoms with van der Waals surface area (Å²) in [5, 5.41) is 2.23. The summed E-state index contributed by atoms with van der Waals surface area (Å²) < 4.78 is 23.1. The average Bonchev–Trinajstić information content (AvgIpc) is 2.63. The number of rotatable bonds is 5. The van der Waals surface area contributed by atoms with Gasteiger partial charge in [-0.2, -0.15) is 0 Å². The van der Waals surface area contributed by atoms with Crippen molar-refractivity contribution in [2.75, 3.05) is 12.3 Å². The molecule has 100 valence electrons. The van der Waals surface area contributed by atoms with E-state index in [9.17, 15) is 13.2 Å². The Balaban J connectivity index is 2.43. The summed E-state index contributed by atoms with van der Waals surface area (Å²) in [7, 11) is -2.99. The number of carbonyl (C=O) groups excluding carboxylic acids is 1. The first kappa shape index (κ1) is 14.4. The molecule has 5 nitrogen and oxygen atoms in total. The molecule has 0 spiro atoms. The van der Waals surface area contributed by atoms with E-state index in [0.29, 0.717) is 12.8 Å². The molecule has 1 saturated heterocycles. The van der Waals surface area contributed by atoms with E-state index in [4.69, 9.17) is 5.73 Å². The van der Waals surface area contributed by atoms with Gasteiger partial charge in [-0.05, 0) is 18.8 Å². The van der Waals surface area contributed by atoms with Gasteiger partial charge in [0.25, 0.3) is 0 Å². The first-order chi connectivity index (χ1) is 7.88. The third kappa shape index (κ3) is 3.67. The number of hydrogen-bond acceptors (Lipinski definition) is 4. The molecular formula is C11H22N2O3S. The number of carbonyl (C=O) groups is 1. The summed E-state index contributed by atoms with van der Waals surface area (Å²) in [5.74, 6) is 0.0990. The molecule has 1 aliphatic rings. The Bertz CT molecular complexity index is 367. The van der Waals surface area contributed by atoms with Crippen LogP contribution < -0.4 is 11.1 Å². The van der Waals surface area contributed by atoms with Crippen LogP contribution in [0.15, 0.2) is 0 Å². The van der Waals surface area contributed by atoms with Crippen LogP contribution in [-0.2, 0) is 14.6 Å². The number of amides is 1. The fraction of sp³-hybridized carbons (Fsp3) is 0.909. The molecule has 0 aromatic rings. The lowest BCUT2D eigenvalue weighted by Gasteiger charge is -2.19. The molecule has 17 heavy (non-hydrogen) atoms. The second kappa shape index (κ2) is 5.82. The maximum absolute atomic E-state index is 11.7. The van der Waals surface area contributed by atoms with Crippen molar-refractivity contribution in [3.63, 3.8) is 0 Å². The largest absolute Gasteiger partial charge is 0.353 e. The highest BCUT2D eigenvalue weighted by Gasteiger charge is 2.32. The third-order valence-electron chi connectivity index (χ3n) is 3.53. The minimum Gasteiger partial charge on any atom is -0.353 e. The number of hydrogen-bond donors (Lipinski definition) is 2. The van der Waals surface area contributed by atoms with Crippen molar-refractivity contribution >= 4 is 15.7 Å². The van der Waals surface area contributed by atoms with Crippen molar-refractivity contribution in [3.8, 4) is 0 Å². The monoisotopic (exact) mass is 262 g/mol. The summed E-state index contributed by atoms with van der Waals surface area (Å²) in [4.78, 5) is 11.7. The minimum atomic E-state index is -2.99. The van der Waals surface area contributed by atoms with E-state index in [-0.39, 0.29) is 24.1 Å². The quantitative estimate of drug-likeness (QED) is 0.733. The van der Waals surface area contributed by atoms with Crippen LogP contribution in [0.4, 0.5) is 0 Å². The number of sulfone groups is 1. The van der Waals surface area contributed by atoms with Crippen LogP contribution in [0.1, 0.15) is 33.1 Å². The van der Waals surface area contributed by atoms with Gasteiger partial charge in [0.05, 0.1) is 17.0 Å². The topological polar surface area (TPSA) is 89.3 Å². The Morgan fingerprint density at radius 3 is 2.65 bits per heavy atom. The average molecular weight is 262 g/mol. The highest BCUT2D eigenvalue weighted by Crippen LogP contribution is 2.19. The fourth-order valence-corrected chi connectivity index (χ4v) is 3.70. The highest BCUT2D eigenvalue weighted by atomic mass is 32.2. The van der Waals surface area contributed by atoms with Gasteiger partial charge in [0.1, 0.15) is 0 Å². The normalized spacial score (nSPS) is 26.4. The molecule has 1 heterocycles. The molecule has 0 radical (unpaired) electrons. The second-order valence-electron chi connectivity index (χ2n) is 4.79. The summed E-state index contributed by atoms with van der Waals surface area (Å²) in [6.07, 6.45) is 2.16. The van der Waals surface area contributed by atoms with Crippen molar-refractivity contribution in [1.29, 1.82) is 0 Å². The van der Waals surface area contributed by atoms with Crippen LogP contribution >= 0.6 is 0 Å². The molecule has 1 fully saturated rings. The molecule has 3 atom stereocenters. The molecule has 1 aliphatic heterocycles. The Labute approximate surface area is 103 Å². The lowest BCUT2D eigenvalue weighted by molar-refractivity contribution is -0.123. The zero-order valence-corrected chi connectivity index (χ0v) is 11.3. The second-order valence-corrected chi connectivity index (χ2v) is 7.19. The predicted octanol–water partition coefficient (Wildman–Crippen LogP) is 0.0532. The first-order valence-electron chi connectivity index (χ1n) is 6.13. The van der Waals surface area contributed by atoms with Gasteiger partial charge in [0.15, 0.2) is 9.84 Å². The lowest BCUT2D eigenvalue weighted by Crippen LogP contribution is -2.47. The molecule has 0 aromatic heterocycles. The van der Waals surface area contributed by atoms with E-state index in [1.54, 1.807) is 0 Å². The molecule has 0 saturated carbocycles. The van der Waals surface area contributed by atoms with E-state index in [0.717, 1.165) is 6.42 Å². The van der Waals surface area contributed by atoms with Crippen LogP contribution in [0, 0.1) is 5.92 Å². The van der Waals surface area contributed by atoms with E-state index >= 15 is 0 Å². The van der Waals surface area contributed by atoms with Gasteiger partial charge in [-0.1, -0.05) is 20.3 Å². The Hall–Kier alpha value is -0.620. The van der Waals surface area contributed by atoms with Gasteiger partial charge in [0.2, 0.25) is 5.91 Å². The molecule has 0 aliphatic carbocycles. The zero-order chi connectivity index (χ0) is 13.1. The Kier molecular flexibility index (Phi) is 4.94. The van der Waals surface area contributed by atoms with Gasteiger partial charge in [-0.15, -0.1) is 0 Å². The molecule has 3 N–H and O–H groups in total. The van der Waals surface area contributed by atoms with Crippen LogP contribution in [-0.4, -0.2) is 37.9 Å². The van der Waals surface area contributed by atoms with Gasteiger partial charge < -0.3 is 11.1 Å². The number of nitrogens with two attached hydrogens (primary N) is 1. The van der Waals surface area contributed by atoms with Crippen molar-refractivity contribution in [3.05, 3.63) is 0 Å². The zero-order valence-electron chi connectivity index (χ0n) is 10.5. The van der Waals surface area contributed by atoms with Crippen LogP contribution in [0.25, 0.3) is 0 Å². The first-order valence-corrected chi connectivity index (χ1v) is 7.85. The molecule has 1 amide bonds. The van der Waals surface area contributed by atoms with E-state index in [1.165, 1.54) is 0 Å². The SMILES string of the molecule is CC[C@H](C)[C@H](N)C(=O)NCC1CCCS1(=O)=O. The third-order valence-corrected chi connectivity index (χ3v) is 5.80. The predicted molar refractivity (Wildman–Crippen MR) is 67.2 cm³/mol. The van der Waals surface area contributed by atoms with E-state index < -0.39 is 21.1 Å². The maximum atomic E-state index is 11.7. The van der Waals surface area contributed by atoms with Gasteiger partial charge in [0, 0.05) is 6.54 Å². The van der Waals surface area contributed by atoms with Crippen LogP contribution in [0.5, 0.6) is 0 Å². The Morgan fingerprint density at radius 2 is 2.18 bits per heavy atom. The smallest absolute Gasteiger partial charge is 0.237 e. The molecule has 6 heteroatoms. The lowest BCUT2D eigenvalue weighted by atomic mass is 9.99. The van der Waals surface area contributed by atoms with Gasteiger partial charge in [-0.25, -0.2) is 8.42 Å². The summed E-state index contributed by atoms with van der Waals surface area (Å²) in [5.41, 5.74) is 5.76. The standard InChI is InChI=1S/C11H22N2O3S/c1-3-8(2)10(12)11(14)13-7-9-5-4-6-17(9,15)16/h8-10H,3-7,12H2,1-2H3,(H,13,14)/t8-,9?,10-/m0/s1. The van der Waals surface area contributed by atoms with Crippen molar-refractivity contribution in [2.24, 2.45) is 11.7 Å². The van der Waals surface area contributed by atoms with Crippen molar-refractivity contribution < 1.29 is 13.2 Å². The summed E-state index contributed by atoms with van der Waals surface area (Å²) in [6, 6.07) is -0.552. The van der Waals surface area contributed by atoms with Gasteiger partial charge in [-0.3, -0.25) is 4.79 Å². The molecule has 1 rings (SSSR count). The molecule has 0 aromatic carbocycles. The molecular weight excluding hydrogens is 240 g/mol. The van der Waals surface area contributed by atoms with E-state index in [2.05, 4.69) is 5.32 Å². The maximum Gasteiger partial charge on any atom is 0.237 e. The molecule has 0 bridgehead atoms. The summed E-state index contributed by atoms with van der Waals surface area (Å²) >= 11 is 0. The van der Waals surface area contributed by atoms with Crippen LogP contribution in [0.3, 0.4) is 0 Å². The van der Waals surface area contributed by atoms with E-state index in [1.807, 2.05) is 13.8 Å².